The molecule has 0 bridgehead atoms. The number of aliphatic imine (C=N–C) groups is 1. The van der Waals surface area contributed by atoms with Gasteiger partial charge in [0.2, 0.25) is 0 Å². The molecule has 2 aromatic heterocycles. The number of guanidine groups is 1. The molecule has 1 fully saturated rings. The van der Waals surface area contributed by atoms with E-state index in [1.807, 2.05) is 10.9 Å². The van der Waals surface area contributed by atoms with Crippen molar-refractivity contribution in [1.29, 1.82) is 0 Å². The number of nitrogens with zero attached hydrogens (tertiary/aromatic N) is 6. The average molecular weight is 441 g/mol. The number of rotatable bonds is 7. The Labute approximate surface area is 190 Å². The number of aryl methyl sites for hydroxylation is 1. The maximum atomic E-state index is 5.16. The van der Waals surface area contributed by atoms with Gasteiger partial charge in [0, 0.05) is 45.4 Å². The zero-order chi connectivity index (χ0) is 22.2. The number of methoxy groups -OCH3 is 1. The summed E-state index contributed by atoms with van der Waals surface area (Å²) in [6.45, 7) is 6.96. The van der Waals surface area contributed by atoms with E-state index in [9.17, 15) is 0 Å². The van der Waals surface area contributed by atoms with Crippen LogP contribution in [-0.2, 0) is 30.9 Å². The maximum Gasteiger partial charge on any atom is 0.191 e. The predicted molar refractivity (Wildman–Crippen MR) is 126 cm³/mol. The van der Waals surface area contributed by atoms with Gasteiger partial charge in [-0.2, -0.15) is 5.10 Å². The first-order chi connectivity index (χ1) is 15.7. The Morgan fingerprint density at radius 2 is 2.06 bits per heavy atom. The minimum absolute atomic E-state index is 0.265. The summed E-state index contributed by atoms with van der Waals surface area (Å²) in [7, 11) is 1.67. The third-order valence-corrected chi connectivity index (χ3v) is 6.02. The van der Waals surface area contributed by atoms with Crippen LogP contribution in [0.1, 0.15) is 56.2 Å². The van der Waals surface area contributed by atoms with Crippen molar-refractivity contribution in [1.82, 2.24) is 30.4 Å². The zero-order valence-corrected chi connectivity index (χ0v) is 19.4. The Hall–Kier alpha value is -2.68. The van der Waals surface area contributed by atoms with Gasteiger partial charge in [0.25, 0.3) is 0 Å². The highest BCUT2D eigenvalue weighted by Gasteiger charge is 2.22. The van der Waals surface area contributed by atoms with Crippen molar-refractivity contribution in [3.63, 3.8) is 0 Å². The Kier molecular flexibility index (Phi) is 7.92. The summed E-state index contributed by atoms with van der Waals surface area (Å²) in [5.41, 5.74) is 1.12. The summed E-state index contributed by atoms with van der Waals surface area (Å²) in [5, 5.41) is 11.5. The Morgan fingerprint density at radius 3 is 2.78 bits per heavy atom. The van der Waals surface area contributed by atoms with Gasteiger partial charge >= 0.3 is 0 Å². The molecule has 9 nitrogen and oxygen atoms in total. The van der Waals surface area contributed by atoms with Gasteiger partial charge < -0.3 is 20.3 Å². The van der Waals surface area contributed by atoms with Crippen LogP contribution in [0.5, 0.6) is 0 Å². The molecule has 2 aliphatic rings. The van der Waals surface area contributed by atoms with Crippen LogP contribution < -0.4 is 15.5 Å². The maximum absolute atomic E-state index is 5.16. The van der Waals surface area contributed by atoms with Crippen LogP contribution in [0.4, 0.5) is 5.82 Å². The summed E-state index contributed by atoms with van der Waals surface area (Å²) in [5.74, 6) is 3.70. The van der Waals surface area contributed by atoms with Crippen LogP contribution in [0.2, 0.25) is 0 Å². The van der Waals surface area contributed by atoms with Gasteiger partial charge in [0.15, 0.2) is 11.8 Å². The Morgan fingerprint density at radius 1 is 1.22 bits per heavy atom. The van der Waals surface area contributed by atoms with Crippen molar-refractivity contribution < 1.29 is 4.74 Å². The number of pyridine rings is 1. The Balaban J connectivity index is 1.34. The number of aromatic nitrogens is 4. The third-order valence-electron chi connectivity index (χ3n) is 6.02. The fourth-order valence-electron chi connectivity index (χ4n) is 4.35. The number of hydrogen-bond donors (Lipinski definition) is 2. The molecule has 32 heavy (non-hydrogen) atoms. The highest BCUT2D eigenvalue weighted by molar-refractivity contribution is 5.80. The molecule has 174 valence electrons. The Bertz CT molecular complexity index is 871. The number of ether oxygens (including phenoxy) is 1. The van der Waals surface area contributed by atoms with Crippen LogP contribution in [-0.4, -0.2) is 58.5 Å². The van der Waals surface area contributed by atoms with Gasteiger partial charge in [0.1, 0.15) is 18.2 Å². The van der Waals surface area contributed by atoms with E-state index >= 15 is 0 Å². The summed E-state index contributed by atoms with van der Waals surface area (Å²) < 4.78 is 7.15. The van der Waals surface area contributed by atoms with Crippen LogP contribution in [0.15, 0.2) is 23.3 Å². The molecule has 0 aromatic carbocycles. The minimum atomic E-state index is 0.265. The SMILES string of the molecule is CCNC(=NCc1ccc(N2CCCCCC2)nc1)NC1CCc2nc(COC)nn2C1. The predicted octanol–water partition coefficient (Wildman–Crippen LogP) is 2.27. The number of hydrogen-bond acceptors (Lipinski definition) is 6. The van der Waals surface area contributed by atoms with E-state index in [4.69, 9.17) is 14.7 Å². The molecule has 1 unspecified atom stereocenters. The molecule has 0 saturated carbocycles. The van der Waals surface area contributed by atoms with E-state index in [0.717, 1.165) is 68.0 Å². The number of nitrogens with one attached hydrogen (secondary N) is 2. The molecule has 2 aliphatic heterocycles. The lowest BCUT2D eigenvalue weighted by Crippen LogP contribution is -2.47. The lowest BCUT2D eigenvalue weighted by atomic mass is 10.1. The van der Waals surface area contributed by atoms with Gasteiger partial charge in [-0.1, -0.05) is 18.9 Å². The topological polar surface area (TPSA) is 92.5 Å². The lowest BCUT2D eigenvalue weighted by molar-refractivity contribution is 0.177. The van der Waals surface area contributed by atoms with E-state index in [1.54, 1.807) is 7.11 Å². The van der Waals surface area contributed by atoms with Crippen molar-refractivity contribution in [2.45, 2.75) is 71.2 Å². The first kappa shape index (κ1) is 22.5. The molecule has 4 heterocycles. The van der Waals surface area contributed by atoms with E-state index in [1.165, 1.54) is 25.7 Å². The summed E-state index contributed by atoms with van der Waals surface area (Å²) in [6.07, 6.45) is 9.05. The minimum Gasteiger partial charge on any atom is -0.377 e. The molecule has 4 rings (SSSR count). The van der Waals surface area contributed by atoms with E-state index in [0.29, 0.717) is 13.2 Å². The van der Waals surface area contributed by atoms with Gasteiger partial charge in [-0.15, -0.1) is 0 Å². The first-order valence-electron chi connectivity index (χ1n) is 11.9. The largest absolute Gasteiger partial charge is 0.377 e. The van der Waals surface area contributed by atoms with Gasteiger partial charge in [0.05, 0.1) is 13.1 Å². The highest BCUT2D eigenvalue weighted by atomic mass is 16.5. The summed E-state index contributed by atoms with van der Waals surface area (Å²) >= 11 is 0. The van der Waals surface area contributed by atoms with E-state index < -0.39 is 0 Å². The highest BCUT2D eigenvalue weighted by Crippen LogP contribution is 2.18. The summed E-state index contributed by atoms with van der Waals surface area (Å²) in [4.78, 5) is 16.5. The fraction of sp³-hybridized carbons (Fsp3) is 0.652. The van der Waals surface area contributed by atoms with Crippen molar-refractivity contribution in [2.24, 2.45) is 4.99 Å². The molecule has 0 radical (unpaired) electrons. The zero-order valence-electron chi connectivity index (χ0n) is 19.4. The van der Waals surface area contributed by atoms with Crippen molar-refractivity contribution in [2.75, 3.05) is 31.6 Å². The molecule has 1 saturated heterocycles. The van der Waals surface area contributed by atoms with Crippen molar-refractivity contribution >= 4 is 11.8 Å². The standard InChI is InChI=1S/C23H36N8O/c1-3-24-23(27-19-9-11-22-28-20(17-32-2)29-31(22)16-19)26-15-18-8-10-21(25-14-18)30-12-6-4-5-7-13-30/h8,10,14,19H,3-7,9,11-13,15-17H2,1-2H3,(H2,24,26,27). The molecule has 0 spiro atoms. The van der Waals surface area contributed by atoms with E-state index in [2.05, 4.69) is 44.7 Å². The molecular formula is C23H36N8O. The molecule has 1 atom stereocenters. The van der Waals surface area contributed by atoms with Gasteiger partial charge in [-0.3, -0.25) is 0 Å². The van der Waals surface area contributed by atoms with Gasteiger partial charge in [-0.25, -0.2) is 19.6 Å². The van der Waals surface area contributed by atoms with Gasteiger partial charge in [-0.05, 0) is 37.8 Å². The number of anilines is 1. The smallest absolute Gasteiger partial charge is 0.191 e. The van der Waals surface area contributed by atoms with Crippen LogP contribution in [0.3, 0.4) is 0 Å². The van der Waals surface area contributed by atoms with Crippen molar-refractivity contribution in [3.8, 4) is 0 Å². The molecule has 2 N–H and O–H groups in total. The normalized spacial score (nSPS) is 19.4. The van der Waals surface area contributed by atoms with Crippen LogP contribution in [0, 0.1) is 0 Å². The second-order valence-corrected chi connectivity index (χ2v) is 8.56. The van der Waals surface area contributed by atoms with Crippen LogP contribution >= 0.6 is 0 Å². The van der Waals surface area contributed by atoms with E-state index in [-0.39, 0.29) is 6.04 Å². The number of fused-ring (bicyclic) bond motifs is 1. The monoisotopic (exact) mass is 440 g/mol. The third kappa shape index (κ3) is 5.97. The first-order valence-corrected chi connectivity index (χ1v) is 11.9. The fourth-order valence-corrected chi connectivity index (χ4v) is 4.35. The average Bonchev–Trinajstić information content (AvgIpc) is 3.01. The molecule has 9 heteroatoms. The quantitative estimate of drug-likeness (QED) is 0.504. The molecule has 0 amide bonds. The second kappa shape index (κ2) is 11.3. The summed E-state index contributed by atoms with van der Waals surface area (Å²) in [6, 6.07) is 4.56. The second-order valence-electron chi connectivity index (χ2n) is 8.56. The van der Waals surface area contributed by atoms with Crippen molar-refractivity contribution in [3.05, 3.63) is 35.5 Å². The molecule has 2 aromatic rings. The van der Waals surface area contributed by atoms with Crippen LogP contribution in [0.25, 0.3) is 0 Å². The molecular weight excluding hydrogens is 404 g/mol. The molecule has 0 aliphatic carbocycles. The lowest BCUT2D eigenvalue weighted by Gasteiger charge is -2.25.